The lowest BCUT2D eigenvalue weighted by molar-refractivity contribution is -0.0327. The van der Waals surface area contributed by atoms with Gasteiger partial charge in [-0.2, -0.15) is 0 Å². The largest absolute Gasteiger partial charge is 0.379 e. The van der Waals surface area contributed by atoms with Crippen LogP contribution in [0.4, 0.5) is 0 Å². The first kappa shape index (κ1) is 16.5. The minimum atomic E-state index is 0.120. The van der Waals surface area contributed by atoms with Crippen molar-refractivity contribution in [3.05, 3.63) is 35.4 Å². The Bertz CT molecular complexity index is 425. The molecule has 2 atom stereocenters. The van der Waals surface area contributed by atoms with Crippen LogP contribution < -0.4 is 5.32 Å². The van der Waals surface area contributed by atoms with Crippen molar-refractivity contribution in [2.24, 2.45) is 0 Å². The molecule has 0 aliphatic carbocycles. The molecule has 0 amide bonds. The number of ether oxygens (including phenoxy) is 1. The zero-order valence-electron chi connectivity index (χ0n) is 14.0. The monoisotopic (exact) mass is 290 g/mol. The lowest BCUT2D eigenvalue weighted by atomic mass is 9.82. The van der Waals surface area contributed by atoms with Crippen LogP contribution in [0.2, 0.25) is 0 Å². The molecule has 1 saturated heterocycles. The van der Waals surface area contributed by atoms with Gasteiger partial charge in [0.1, 0.15) is 0 Å². The van der Waals surface area contributed by atoms with Gasteiger partial charge in [0.2, 0.25) is 0 Å². The van der Waals surface area contributed by atoms with Crippen LogP contribution in [0.5, 0.6) is 0 Å². The van der Waals surface area contributed by atoms with E-state index in [-0.39, 0.29) is 5.54 Å². The topological polar surface area (TPSA) is 24.5 Å². The van der Waals surface area contributed by atoms with Gasteiger partial charge in [-0.1, -0.05) is 43.7 Å². The molecule has 3 nitrogen and oxygen atoms in total. The smallest absolute Gasteiger partial charge is 0.0594 e. The number of hydrogen-bond acceptors (Lipinski definition) is 3. The zero-order chi connectivity index (χ0) is 15.3. The summed E-state index contributed by atoms with van der Waals surface area (Å²) in [7, 11) is 0. The number of likely N-dealkylation sites (N-methyl/N-ethyl adjacent to an activating group) is 1. The molecule has 118 valence electrons. The van der Waals surface area contributed by atoms with Crippen molar-refractivity contribution in [3.63, 3.8) is 0 Å². The van der Waals surface area contributed by atoms with Gasteiger partial charge < -0.3 is 10.1 Å². The van der Waals surface area contributed by atoms with E-state index in [1.165, 1.54) is 11.1 Å². The second-order valence-corrected chi connectivity index (χ2v) is 6.21. The molecule has 1 aliphatic heterocycles. The summed E-state index contributed by atoms with van der Waals surface area (Å²) in [5.74, 6) is 0. The first-order valence-corrected chi connectivity index (χ1v) is 8.24. The fourth-order valence-corrected chi connectivity index (χ4v) is 3.34. The van der Waals surface area contributed by atoms with Crippen LogP contribution in [0.15, 0.2) is 24.3 Å². The lowest BCUT2D eigenvalue weighted by Gasteiger charge is -2.48. The molecule has 21 heavy (non-hydrogen) atoms. The quantitative estimate of drug-likeness (QED) is 0.871. The maximum atomic E-state index is 5.54. The molecule has 2 unspecified atom stereocenters. The Kier molecular flexibility index (Phi) is 5.80. The van der Waals surface area contributed by atoms with Gasteiger partial charge in [0, 0.05) is 18.6 Å². The molecular formula is C18H30N2O. The highest BCUT2D eigenvalue weighted by atomic mass is 16.5. The van der Waals surface area contributed by atoms with E-state index in [9.17, 15) is 0 Å². The number of nitrogens with one attached hydrogen (secondary N) is 1. The Morgan fingerprint density at radius 1 is 1.19 bits per heavy atom. The molecule has 0 radical (unpaired) electrons. The van der Waals surface area contributed by atoms with Gasteiger partial charge in [-0.3, -0.25) is 4.90 Å². The molecule has 0 bridgehead atoms. The standard InChI is InChI=1S/C18H30N2O/c1-5-18(4,20-11-13-21-14-12-20)17(19-6-2)16-9-7-15(3)8-10-16/h7-10,17,19H,5-6,11-14H2,1-4H3. The summed E-state index contributed by atoms with van der Waals surface area (Å²) in [4.78, 5) is 2.60. The van der Waals surface area contributed by atoms with Crippen molar-refractivity contribution in [3.8, 4) is 0 Å². The highest BCUT2D eigenvalue weighted by Crippen LogP contribution is 2.35. The summed E-state index contributed by atoms with van der Waals surface area (Å²) < 4.78 is 5.54. The molecule has 0 spiro atoms. The van der Waals surface area contributed by atoms with Crippen LogP contribution in [0, 0.1) is 6.92 Å². The summed E-state index contributed by atoms with van der Waals surface area (Å²) >= 11 is 0. The van der Waals surface area contributed by atoms with Crippen LogP contribution in [0.25, 0.3) is 0 Å². The summed E-state index contributed by atoms with van der Waals surface area (Å²) in [6, 6.07) is 9.34. The number of hydrogen-bond donors (Lipinski definition) is 1. The average molecular weight is 290 g/mol. The minimum Gasteiger partial charge on any atom is -0.379 e. The molecule has 0 saturated carbocycles. The van der Waals surface area contributed by atoms with Gasteiger partial charge in [-0.05, 0) is 32.4 Å². The Morgan fingerprint density at radius 3 is 2.33 bits per heavy atom. The van der Waals surface area contributed by atoms with Crippen molar-refractivity contribution in [1.82, 2.24) is 10.2 Å². The third-order valence-corrected chi connectivity index (χ3v) is 4.89. The number of nitrogens with zero attached hydrogens (tertiary/aromatic N) is 1. The zero-order valence-corrected chi connectivity index (χ0v) is 14.0. The van der Waals surface area contributed by atoms with E-state index >= 15 is 0 Å². The molecule has 1 N–H and O–H groups in total. The molecule has 3 heteroatoms. The highest BCUT2D eigenvalue weighted by Gasteiger charge is 2.39. The maximum Gasteiger partial charge on any atom is 0.0594 e. The first-order chi connectivity index (χ1) is 10.1. The SMILES string of the molecule is CCNC(c1ccc(C)cc1)C(C)(CC)N1CCOCC1. The second kappa shape index (κ2) is 7.39. The predicted molar refractivity (Wildman–Crippen MR) is 88.7 cm³/mol. The molecule has 1 fully saturated rings. The fourth-order valence-electron chi connectivity index (χ4n) is 3.34. The lowest BCUT2D eigenvalue weighted by Crippen LogP contribution is -2.57. The molecule has 1 heterocycles. The molecular weight excluding hydrogens is 260 g/mol. The van der Waals surface area contributed by atoms with Gasteiger partial charge in [0.25, 0.3) is 0 Å². The summed E-state index contributed by atoms with van der Waals surface area (Å²) in [5, 5.41) is 3.72. The summed E-state index contributed by atoms with van der Waals surface area (Å²) in [6.07, 6.45) is 1.12. The third kappa shape index (κ3) is 3.65. The van der Waals surface area contributed by atoms with Gasteiger partial charge in [-0.25, -0.2) is 0 Å². The third-order valence-electron chi connectivity index (χ3n) is 4.89. The number of rotatable bonds is 6. The van der Waals surface area contributed by atoms with Crippen LogP contribution >= 0.6 is 0 Å². The van der Waals surface area contributed by atoms with Crippen LogP contribution in [-0.2, 0) is 4.74 Å². The van der Waals surface area contributed by atoms with E-state index in [1.54, 1.807) is 0 Å². The predicted octanol–water partition coefficient (Wildman–Crippen LogP) is 3.15. The Morgan fingerprint density at radius 2 is 1.81 bits per heavy atom. The fraction of sp³-hybridized carbons (Fsp3) is 0.667. The normalized spacial score (nSPS) is 21.0. The minimum absolute atomic E-state index is 0.120. The van der Waals surface area contributed by atoms with Crippen LogP contribution in [-0.4, -0.2) is 43.3 Å². The molecule has 1 aromatic carbocycles. The molecule has 1 aromatic rings. The van der Waals surface area contributed by atoms with Crippen molar-refractivity contribution >= 4 is 0 Å². The first-order valence-electron chi connectivity index (χ1n) is 8.24. The molecule has 1 aliphatic rings. The van der Waals surface area contributed by atoms with Crippen molar-refractivity contribution in [2.75, 3.05) is 32.8 Å². The van der Waals surface area contributed by atoms with Gasteiger partial charge >= 0.3 is 0 Å². The van der Waals surface area contributed by atoms with E-state index < -0.39 is 0 Å². The molecule has 2 rings (SSSR count). The van der Waals surface area contributed by atoms with E-state index in [0.717, 1.165) is 39.3 Å². The Hall–Kier alpha value is -0.900. The molecule has 0 aromatic heterocycles. The van der Waals surface area contributed by atoms with E-state index in [2.05, 4.69) is 62.2 Å². The number of benzene rings is 1. The highest BCUT2D eigenvalue weighted by molar-refractivity contribution is 5.27. The van der Waals surface area contributed by atoms with Gasteiger partial charge in [0.05, 0.1) is 19.3 Å². The Labute approximate surface area is 129 Å². The average Bonchev–Trinajstić information content (AvgIpc) is 2.54. The second-order valence-electron chi connectivity index (χ2n) is 6.21. The van der Waals surface area contributed by atoms with E-state index in [4.69, 9.17) is 4.74 Å². The van der Waals surface area contributed by atoms with Crippen molar-refractivity contribution in [1.29, 1.82) is 0 Å². The van der Waals surface area contributed by atoms with Crippen LogP contribution in [0.3, 0.4) is 0 Å². The van der Waals surface area contributed by atoms with E-state index in [0.29, 0.717) is 6.04 Å². The van der Waals surface area contributed by atoms with E-state index in [1.807, 2.05) is 0 Å². The number of aryl methyl sites for hydroxylation is 1. The van der Waals surface area contributed by atoms with Crippen molar-refractivity contribution < 1.29 is 4.74 Å². The maximum absolute atomic E-state index is 5.54. The van der Waals surface area contributed by atoms with Gasteiger partial charge in [-0.15, -0.1) is 0 Å². The Balaban J connectivity index is 2.30. The van der Waals surface area contributed by atoms with Crippen LogP contribution in [0.1, 0.15) is 44.4 Å². The van der Waals surface area contributed by atoms with Gasteiger partial charge in [0.15, 0.2) is 0 Å². The summed E-state index contributed by atoms with van der Waals surface area (Å²) in [6.45, 7) is 13.8. The summed E-state index contributed by atoms with van der Waals surface area (Å²) in [5.41, 5.74) is 2.83. The number of morpholine rings is 1. The van der Waals surface area contributed by atoms with Crippen molar-refractivity contribution in [2.45, 2.75) is 45.7 Å².